The molecule has 0 spiro atoms. The number of benzene rings is 1. The fourth-order valence-corrected chi connectivity index (χ4v) is 4.65. The van der Waals surface area contributed by atoms with Gasteiger partial charge in [0, 0.05) is 5.54 Å². The average Bonchev–Trinajstić information content (AvgIpc) is 3.09. The Balaban J connectivity index is 1.99. The van der Waals surface area contributed by atoms with E-state index < -0.39 is 9.84 Å². The van der Waals surface area contributed by atoms with Crippen molar-refractivity contribution >= 4 is 21.4 Å². The Labute approximate surface area is 112 Å². The standard InChI is InChI=1S/C13H16ClNO2S/c14-11-8-9(13(15)6-1-7-13)2-5-12(11)18(16,17)10-3-4-10/h2,5,8,10H,1,3-4,6-7,15H2. The molecule has 3 rings (SSSR count). The Morgan fingerprint density at radius 3 is 2.39 bits per heavy atom. The second-order valence-corrected chi connectivity index (χ2v) is 8.00. The highest BCUT2D eigenvalue weighted by Gasteiger charge is 2.39. The van der Waals surface area contributed by atoms with Crippen molar-refractivity contribution in [3.8, 4) is 0 Å². The molecule has 0 atom stereocenters. The van der Waals surface area contributed by atoms with Gasteiger partial charge in [0.05, 0.1) is 15.2 Å². The van der Waals surface area contributed by atoms with E-state index in [1.807, 2.05) is 6.07 Å². The van der Waals surface area contributed by atoms with Gasteiger partial charge < -0.3 is 5.73 Å². The quantitative estimate of drug-likeness (QED) is 0.929. The molecule has 0 heterocycles. The van der Waals surface area contributed by atoms with Crippen molar-refractivity contribution < 1.29 is 8.42 Å². The summed E-state index contributed by atoms with van der Waals surface area (Å²) in [4.78, 5) is 0.262. The highest BCUT2D eigenvalue weighted by atomic mass is 35.5. The minimum Gasteiger partial charge on any atom is -0.321 e. The van der Waals surface area contributed by atoms with E-state index in [9.17, 15) is 8.42 Å². The highest BCUT2D eigenvalue weighted by Crippen LogP contribution is 2.42. The van der Waals surface area contributed by atoms with Gasteiger partial charge in [-0.15, -0.1) is 0 Å². The molecule has 0 unspecified atom stereocenters. The average molecular weight is 286 g/mol. The minimum absolute atomic E-state index is 0.226. The van der Waals surface area contributed by atoms with E-state index in [1.54, 1.807) is 12.1 Å². The Hall–Kier alpha value is -0.580. The number of nitrogens with two attached hydrogens (primary N) is 1. The van der Waals surface area contributed by atoms with Crippen molar-refractivity contribution in [2.75, 3.05) is 0 Å². The summed E-state index contributed by atoms with van der Waals surface area (Å²) in [6.07, 6.45) is 4.51. The molecule has 3 nitrogen and oxygen atoms in total. The molecule has 2 aliphatic carbocycles. The number of sulfone groups is 1. The van der Waals surface area contributed by atoms with E-state index in [0.717, 1.165) is 37.7 Å². The summed E-state index contributed by atoms with van der Waals surface area (Å²) in [5, 5.41) is 0.0903. The first kappa shape index (κ1) is 12.5. The Morgan fingerprint density at radius 2 is 1.94 bits per heavy atom. The van der Waals surface area contributed by atoms with E-state index in [0.29, 0.717) is 5.02 Å². The first-order valence-electron chi connectivity index (χ1n) is 6.26. The summed E-state index contributed by atoms with van der Waals surface area (Å²) in [5.74, 6) is 0. The summed E-state index contributed by atoms with van der Waals surface area (Å²) >= 11 is 6.14. The van der Waals surface area contributed by atoms with Crippen molar-refractivity contribution in [2.45, 2.75) is 47.8 Å². The van der Waals surface area contributed by atoms with Gasteiger partial charge in [0.15, 0.2) is 9.84 Å². The normalized spacial score (nSPS) is 22.6. The first-order valence-corrected chi connectivity index (χ1v) is 8.19. The molecule has 98 valence electrons. The molecule has 2 N–H and O–H groups in total. The van der Waals surface area contributed by atoms with Crippen LogP contribution in [0.25, 0.3) is 0 Å². The molecule has 1 aromatic carbocycles. The van der Waals surface area contributed by atoms with Crippen LogP contribution in [0.1, 0.15) is 37.7 Å². The molecular formula is C13H16ClNO2S. The van der Waals surface area contributed by atoms with Gasteiger partial charge in [-0.1, -0.05) is 17.7 Å². The molecule has 0 aromatic heterocycles. The molecule has 2 fully saturated rings. The lowest BCUT2D eigenvalue weighted by Crippen LogP contribution is -2.43. The lowest BCUT2D eigenvalue weighted by molar-refractivity contribution is 0.253. The number of rotatable bonds is 3. The van der Waals surface area contributed by atoms with Gasteiger partial charge in [0.1, 0.15) is 0 Å². The number of halogens is 1. The van der Waals surface area contributed by atoms with Crippen LogP contribution in [0.3, 0.4) is 0 Å². The molecule has 2 saturated carbocycles. The Bertz CT molecular complexity index is 589. The fraction of sp³-hybridized carbons (Fsp3) is 0.538. The second kappa shape index (κ2) is 3.95. The maximum atomic E-state index is 12.1. The molecule has 1 aromatic rings. The van der Waals surface area contributed by atoms with Crippen LogP contribution in [-0.2, 0) is 15.4 Å². The van der Waals surface area contributed by atoms with Crippen LogP contribution < -0.4 is 5.73 Å². The predicted octanol–water partition coefficient (Wildman–Crippen LogP) is 2.61. The zero-order valence-corrected chi connectivity index (χ0v) is 11.6. The van der Waals surface area contributed by atoms with E-state index >= 15 is 0 Å². The van der Waals surface area contributed by atoms with E-state index in [1.165, 1.54) is 0 Å². The SMILES string of the molecule is NC1(c2ccc(S(=O)(=O)C3CC3)c(Cl)c2)CCC1. The van der Waals surface area contributed by atoms with Crippen molar-refractivity contribution in [1.29, 1.82) is 0 Å². The summed E-state index contributed by atoms with van der Waals surface area (Å²) < 4.78 is 24.3. The minimum atomic E-state index is -3.22. The number of hydrogen-bond donors (Lipinski definition) is 1. The van der Waals surface area contributed by atoms with Crippen molar-refractivity contribution in [1.82, 2.24) is 0 Å². The van der Waals surface area contributed by atoms with Crippen molar-refractivity contribution in [3.63, 3.8) is 0 Å². The third-order valence-electron chi connectivity index (χ3n) is 4.02. The van der Waals surface area contributed by atoms with Gasteiger partial charge in [0.2, 0.25) is 0 Å². The van der Waals surface area contributed by atoms with Gasteiger partial charge in [-0.2, -0.15) is 0 Å². The Kier molecular flexibility index (Phi) is 2.74. The van der Waals surface area contributed by atoms with Crippen LogP contribution in [0, 0.1) is 0 Å². The van der Waals surface area contributed by atoms with Gasteiger partial charge in [-0.25, -0.2) is 8.42 Å². The molecule has 2 aliphatic rings. The van der Waals surface area contributed by atoms with Crippen LogP contribution in [0.15, 0.2) is 23.1 Å². The molecule has 0 saturated heterocycles. The summed E-state index contributed by atoms with van der Waals surface area (Å²) in [5.41, 5.74) is 6.87. The third-order valence-corrected chi connectivity index (χ3v) is 6.77. The van der Waals surface area contributed by atoms with E-state index in [4.69, 9.17) is 17.3 Å². The zero-order valence-electron chi connectivity index (χ0n) is 10.0. The maximum Gasteiger partial charge on any atom is 0.182 e. The second-order valence-electron chi connectivity index (χ2n) is 5.40. The predicted molar refractivity (Wildman–Crippen MR) is 71.4 cm³/mol. The molecule has 18 heavy (non-hydrogen) atoms. The topological polar surface area (TPSA) is 60.2 Å². The van der Waals surface area contributed by atoms with Crippen molar-refractivity contribution in [3.05, 3.63) is 28.8 Å². The maximum absolute atomic E-state index is 12.1. The van der Waals surface area contributed by atoms with Gasteiger partial charge in [-0.05, 0) is 49.8 Å². The lowest BCUT2D eigenvalue weighted by Gasteiger charge is -2.38. The largest absolute Gasteiger partial charge is 0.321 e. The molecular weight excluding hydrogens is 270 g/mol. The molecule has 0 bridgehead atoms. The summed E-state index contributed by atoms with van der Waals surface area (Å²) in [6, 6.07) is 5.18. The van der Waals surface area contributed by atoms with Gasteiger partial charge in [0.25, 0.3) is 0 Å². The Morgan fingerprint density at radius 1 is 1.28 bits per heavy atom. The van der Waals surface area contributed by atoms with Crippen LogP contribution in [0.5, 0.6) is 0 Å². The van der Waals surface area contributed by atoms with Crippen LogP contribution in [0.4, 0.5) is 0 Å². The van der Waals surface area contributed by atoms with Crippen LogP contribution in [-0.4, -0.2) is 13.7 Å². The number of hydrogen-bond acceptors (Lipinski definition) is 3. The summed E-state index contributed by atoms with van der Waals surface area (Å²) in [7, 11) is -3.22. The van der Waals surface area contributed by atoms with E-state index in [2.05, 4.69) is 0 Å². The van der Waals surface area contributed by atoms with E-state index in [-0.39, 0.29) is 15.7 Å². The monoisotopic (exact) mass is 285 g/mol. The molecule has 0 amide bonds. The first-order chi connectivity index (χ1) is 8.43. The van der Waals surface area contributed by atoms with Crippen LogP contribution >= 0.6 is 11.6 Å². The molecule has 0 radical (unpaired) electrons. The van der Waals surface area contributed by atoms with Gasteiger partial charge >= 0.3 is 0 Å². The lowest BCUT2D eigenvalue weighted by atomic mass is 9.73. The third kappa shape index (κ3) is 1.87. The van der Waals surface area contributed by atoms with Crippen molar-refractivity contribution in [2.24, 2.45) is 5.73 Å². The zero-order chi connectivity index (χ0) is 13.0. The summed E-state index contributed by atoms with van der Waals surface area (Å²) in [6.45, 7) is 0. The highest BCUT2D eigenvalue weighted by molar-refractivity contribution is 7.92. The smallest absolute Gasteiger partial charge is 0.182 e. The molecule has 5 heteroatoms. The fourth-order valence-electron chi connectivity index (χ4n) is 2.45. The molecule has 0 aliphatic heterocycles. The van der Waals surface area contributed by atoms with Crippen LogP contribution in [0.2, 0.25) is 5.02 Å². The van der Waals surface area contributed by atoms with Gasteiger partial charge in [-0.3, -0.25) is 0 Å².